The van der Waals surface area contributed by atoms with E-state index in [0.29, 0.717) is 12.2 Å². The molecule has 5 heteroatoms. The zero-order valence-electron chi connectivity index (χ0n) is 8.23. The van der Waals surface area contributed by atoms with Crippen LogP contribution in [0, 0.1) is 5.41 Å². The molecule has 0 unspecified atom stereocenters. The molecule has 78 valence electrons. The highest BCUT2D eigenvalue weighted by Crippen LogP contribution is 2.15. The van der Waals surface area contributed by atoms with Crippen LogP contribution >= 0.6 is 0 Å². The van der Waals surface area contributed by atoms with Gasteiger partial charge in [0.1, 0.15) is 0 Å². The van der Waals surface area contributed by atoms with E-state index < -0.39 is 23.3 Å². The van der Waals surface area contributed by atoms with Gasteiger partial charge in [-0.2, -0.15) is 0 Å². The fourth-order valence-electron chi connectivity index (χ4n) is 0.418. The number of ether oxygens (including phenoxy) is 1. The number of esters is 2. The van der Waals surface area contributed by atoms with Gasteiger partial charge in [0.25, 0.3) is 0 Å². The third-order valence-corrected chi connectivity index (χ3v) is 1.17. The number of hydrogen-bond acceptors (Lipinski definition) is 4. The molecule has 0 amide bonds. The molecular formula is C9H12O5. The van der Waals surface area contributed by atoms with E-state index in [2.05, 4.69) is 4.74 Å². The van der Waals surface area contributed by atoms with Crippen molar-refractivity contribution in [3.05, 3.63) is 12.2 Å². The van der Waals surface area contributed by atoms with E-state index in [0.717, 1.165) is 0 Å². The lowest BCUT2D eigenvalue weighted by atomic mass is 9.97. The van der Waals surface area contributed by atoms with Gasteiger partial charge in [0.05, 0.1) is 5.41 Å². The maximum Gasteiger partial charge on any atom is 0.338 e. The van der Waals surface area contributed by atoms with Crippen molar-refractivity contribution in [1.82, 2.24) is 0 Å². The number of carbonyl (C=O) groups is 3. The highest BCUT2D eigenvalue weighted by Gasteiger charge is 2.24. The van der Waals surface area contributed by atoms with Crippen LogP contribution in [-0.2, 0) is 19.1 Å². The van der Waals surface area contributed by atoms with Crippen LogP contribution in [-0.4, -0.2) is 23.0 Å². The molecule has 0 aromatic rings. The first-order valence-corrected chi connectivity index (χ1v) is 3.90. The van der Waals surface area contributed by atoms with Crippen molar-refractivity contribution >= 4 is 17.9 Å². The fraction of sp³-hybridized carbons (Fsp3) is 0.444. The Hall–Kier alpha value is -1.65. The van der Waals surface area contributed by atoms with Gasteiger partial charge in [-0.3, -0.25) is 4.79 Å². The molecule has 0 atom stereocenters. The van der Waals surface area contributed by atoms with Crippen LogP contribution in [0.3, 0.4) is 0 Å². The maximum absolute atomic E-state index is 11.1. The molecule has 14 heavy (non-hydrogen) atoms. The average Bonchev–Trinajstić information content (AvgIpc) is 1.99. The largest absolute Gasteiger partial charge is 0.478 e. The first-order chi connectivity index (χ1) is 6.23. The Morgan fingerprint density at radius 2 is 1.64 bits per heavy atom. The smallest absolute Gasteiger partial charge is 0.338 e. The number of aliphatic carboxylic acids is 1. The fourth-order valence-corrected chi connectivity index (χ4v) is 0.418. The van der Waals surface area contributed by atoms with E-state index in [1.807, 2.05) is 0 Å². The number of carboxylic acid groups (broad SMARTS) is 1. The molecule has 0 aromatic carbocycles. The van der Waals surface area contributed by atoms with Crippen molar-refractivity contribution in [2.75, 3.05) is 0 Å². The normalized spacial score (nSPS) is 11.4. The number of rotatable bonds is 2. The lowest BCUT2D eigenvalue weighted by molar-refractivity contribution is -0.162. The second-order valence-corrected chi connectivity index (χ2v) is 3.63. The molecule has 0 heterocycles. The van der Waals surface area contributed by atoms with Gasteiger partial charge < -0.3 is 9.84 Å². The van der Waals surface area contributed by atoms with Crippen molar-refractivity contribution < 1.29 is 24.2 Å². The molecule has 0 spiro atoms. The summed E-state index contributed by atoms with van der Waals surface area (Å²) in [5.41, 5.74) is -0.785. The van der Waals surface area contributed by atoms with Crippen molar-refractivity contribution in [3.63, 3.8) is 0 Å². The third kappa shape index (κ3) is 5.08. The van der Waals surface area contributed by atoms with Crippen LogP contribution in [0.2, 0.25) is 0 Å². The van der Waals surface area contributed by atoms with Gasteiger partial charge in [-0.15, -0.1) is 0 Å². The van der Waals surface area contributed by atoms with Crippen molar-refractivity contribution in [1.29, 1.82) is 0 Å². The van der Waals surface area contributed by atoms with E-state index in [1.54, 1.807) is 20.8 Å². The molecule has 0 aliphatic heterocycles. The van der Waals surface area contributed by atoms with E-state index in [4.69, 9.17) is 5.11 Å². The highest BCUT2D eigenvalue weighted by atomic mass is 16.6. The number of carboxylic acids is 1. The average molecular weight is 200 g/mol. The molecule has 0 saturated heterocycles. The standard InChI is InChI=1S/C9H12O5/c1-9(2,3)8(13)14-7(12)5-4-6(10)11/h4-5H,1-3H3,(H,10,11)/b5-4+. The Morgan fingerprint density at radius 3 is 2.00 bits per heavy atom. The molecule has 1 N–H and O–H groups in total. The van der Waals surface area contributed by atoms with Crippen LogP contribution < -0.4 is 0 Å². The summed E-state index contributed by atoms with van der Waals surface area (Å²) in [6.07, 6.45) is 1.30. The summed E-state index contributed by atoms with van der Waals surface area (Å²) in [7, 11) is 0. The van der Waals surface area contributed by atoms with Gasteiger partial charge in [-0.1, -0.05) is 0 Å². The third-order valence-electron chi connectivity index (χ3n) is 1.17. The molecule has 0 aliphatic rings. The monoisotopic (exact) mass is 200 g/mol. The van der Waals surface area contributed by atoms with Crippen molar-refractivity contribution in [2.24, 2.45) is 5.41 Å². The second kappa shape index (κ2) is 4.55. The van der Waals surface area contributed by atoms with Crippen LogP contribution in [0.15, 0.2) is 12.2 Å². The topological polar surface area (TPSA) is 80.7 Å². The highest BCUT2D eigenvalue weighted by molar-refractivity contribution is 5.97. The summed E-state index contributed by atoms with van der Waals surface area (Å²) >= 11 is 0. The van der Waals surface area contributed by atoms with Crippen LogP contribution in [0.5, 0.6) is 0 Å². The molecule has 0 radical (unpaired) electrons. The van der Waals surface area contributed by atoms with Gasteiger partial charge in [0.2, 0.25) is 0 Å². The molecule has 0 saturated carbocycles. The van der Waals surface area contributed by atoms with E-state index in [9.17, 15) is 14.4 Å². The SMILES string of the molecule is CC(C)(C)C(=O)OC(=O)/C=C/C(=O)O. The second-order valence-electron chi connectivity index (χ2n) is 3.63. The van der Waals surface area contributed by atoms with Crippen LogP contribution in [0.25, 0.3) is 0 Å². The molecule has 0 aromatic heterocycles. The lowest BCUT2D eigenvalue weighted by Gasteiger charge is -2.14. The summed E-state index contributed by atoms with van der Waals surface area (Å²) in [6.45, 7) is 4.76. The minimum Gasteiger partial charge on any atom is -0.478 e. The summed E-state index contributed by atoms with van der Waals surface area (Å²) < 4.78 is 4.34. The lowest BCUT2D eigenvalue weighted by Crippen LogP contribution is -2.25. The molecule has 5 nitrogen and oxygen atoms in total. The zero-order chi connectivity index (χ0) is 11.4. The Bertz CT molecular complexity index is 282. The summed E-state index contributed by atoms with van der Waals surface area (Å²) in [5.74, 6) is -2.95. The van der Waals surface area contributed by atoms with E-state index >= 15 is 0 Å². The van der Waals surface area contributed by atoms with Gasteiger partial charge >= 0.3 is 17.9 Å². The van der Waals surface area contributed by atoms with Crippen LogP contribution in [0.4, 0.5) is 0 Å². The molecule has 0 rings (SSSR count). The minimum absolute atomic E-state index is 0.609. The number of hydrogen-bond donors (Lipinski definition) is 1. The molecule has 0 fully saturated rings. The van der Waals surface area contributed by atoms with Gasteiger partial charge in [0.15, 0.2) is 0 Å². The Morgan fingerprint density at radius 1 is 1.14 bits per heavy atom. The quantitative estimate of drug-likeness (QED) is 0.404. The Kier molecular flexibility index (Phi) is 4.01. The van der Waals surface area contributed by atoms with Gasteiger partial charge in [0, 0.05) is 12.2 Å². The summed E-state index contributed by atoms with van der Waals surface area (Å²) in [5, 5.41) is 8.18. The predicted octanol–water partition coefficient (Wildman–Crippen LogP) is 0.743. The van der Waals surface area contributed by atoms with Crippen molar-refractivity contribution in [3.8, 4) is 0 Å². The molecule has 0 aliphatic carbocycles. The predicted molar refractivity (Wildman–Crippen MR) is 47.3 cm³/mol. The maximum atomic E-state index is 11.1. The zero-order valence-corrected chi connectivity index (χ0v) is 8.23. The van der Waals surface area contributed by atoms with Gasteiger partial charge in [-0.05, 0) is 20.8 Å². The molecular weight excluding hydrogens is 188 g/mol. The Labute approximate surface area is 81.4 Å². The minimum atomic E-state index is -1.27. The van der Waals surface area contributed by atoms with E-state index in [-0.39, 0.29) is 0 Å². The molecule has 0 bridgehead atoms. The van der Waals surface area contributed by atoms with Gasteiger partial charge in [-0.25, -0.2) is 9.59 Å². The summed E-state index contributed by atoms with van der Waals surface area (Å²) in [4.78, 5) is 31.9. The first kappa shape index (κ1) is 12.3. The van der Waals surface area contributed by atoms with Crippen LogP contribution in [0.1, 0.15) is 20.8 Å². The first-order valence-electron chi connectivity index (χ1n) is 3.90. The summed E-state index contributed by atoms with van der Waals surface area (Å²) in [6, 6.07) is 0. The van der Waals surface area contributed by atoms with E-state index in [1.165, 1.54) is 0 Å². The number of carbonyl (C=O) groups excluding carboxylic acids is 2. The van der Waals surface area contributed by atoms with Crippen molar-refractivity contribution in [2.45, 2.75) is 20.8 Å². The Balaban J connectivity index is 4.22.